The lowest BCUT2D eigenvalue weighted by atomic mass is 10.1. The molecule has 2 aromatic carbocycles. The topological polar surface area (TPSA) is 52.3 Å². The highest BCUT2D eigenvalue weighted by Gasteiger charge is 2.06. The summed E-state index contributed by atoms with van der Waals surface area (Å²) in [6.07, 6.45) is 0. The normalized spacial score (nSPS) is 10.3. The Kier molecular flexibility index (Phi) is 3.56. The average Bonchev–Trinajstić information content (AvgIpc) is 2.33. The van der Waals surface area contributed by atoms with Crippen molar-refractivity contribution >= 4 is 11.5 Å². The molecule has 0 saturated heterocycles. The highest BCUT2D eigenvalue weighted by atomic mass is 16.5. The Hall–Kier alpha value is -2.29. The number of rotatable bonds is 3. The second-order valence-corrected chi connectivity index (χ2v) is 4.65. The van der Waals surface area contributed by atoms with Gasteiger partial charge in [-0.25, -0.2) is 0 Å². The van der Waals surface area contributed by atoms with Gasteiger partial charge in [0.15, 0.2) is 5.78 Å². The van der Waals surface area contributed by atoms with Crippen LogP contribution in [0.3, 0.4) is 0 Å². The van der Waals surface area contributed by atoms with Gasteiger partial charge in [0.2, 0.25) is 0 Å². The van der Waals surface area contributed by atoms with Gasteiger partial charge in [0.1, 0.15) is 11.5 Å². The Morgan fingerprint density at radius 2 is 1.63 bits per heavy atom. The van der Waals surface area contributed by atoms with Crippen LogP contribution in [0, 0.1) is 13.8 Å². The number of carbonyl (C=O) groups excluding carboxylic acids is 1. The zero-order chi connectivity index (χ0) is 14.0. The molecule has 0 atom stereocenters. The smallest absolute Gasteiger partial charge is 0.161 e. The van der Waals surface area contributed by atoms with Gasteiger partial charge < -0.3 is 10.5 Å². The van der Waals surface area contributed by atoms with E-state index >= 15 is 0 Å². The molecule has 3 nitrogen and oxygen atoms in total. The largest absolute Gasteiger partial charge is 0.457 e. The first-order valence-corrected chi connectivity index (χ1v) is 6.13. The fourth-order valence-corrected chi connectivity index (χ4v) is 1.84. The molecule has 0 heterocycles. The molecule has 0 unspecified atom stereocenters. The first kappa shape index (κ1) is 13.1. The molecule has 3 heteroatoms. The molecule has 2 N–H and O–H groups in total. The third-order valence-corrected chi connectivity index (χ3v) is 3.12. The molecule has 0 fully saturated rings. The van der Waals surface area contributed by atoms with Crippen molar-refractivity contribution in [3.05, 3.63) is 53.1 Å². The molecule has 0 aliphatic carbocycles. The van der Waals surface area contributed by atoms with Gasteiger partial charge in [-0.1, -0.05) is 6.07 Å². The van der Waals surface area contributed by atoms with Gasteiger partial charge in [-0.15, -0.1) is 0 Å². The van der Waals surface area contributed by atoms with E-state index in [0.29, 0.717) is 17.0 Å². The number of anilines is 1. The average molecular weight is 255 g/mol. The predicted octanol–water partition coefficient (Wildman–Crippen LogP) is 3.88. The summed E-state index contributed by atoms with van der Waals surface area (Å²) in [5, 5.41) is 0. The summed E-state index contributed by atoms with van der Waals surface area (Å²) in [5.41, 5.74) is 9.18. The Balaban J connectivity index is 2.26. The van der Waals surface area contributed by atoms with E-state index < -0.39 is 0 Å². The van der Waals surface area contributed by atoms with Crippen LogP contribution in [-0.2, 0) is 0 Å². The maximum absolute atomic E-state index is 11.3. The van der Waals surface area contributed by atoms with Crippen molar-refractivity contribution in [3.63, 3.8) is 0 Å². The minimum atomic E-state index is -0.0461. The van der Waals surface area contributed by atoms with Crippen LogP contribution in [-0.4, -0.2) is 5.78 Å². The van der Waals surface area contributed by atoms with Crippen molar-refractivity contribution in [1.82, 2.24) is 0 Å². The van der Waals surface area contributed by atoms with Crippen LogP contribution < -0.4 is 10.5 Å². The van der Waals surface area contributed by atoms with Gasteiger partial charge in [0.05, 0.1) is 0 Å². The summed E-state index contributed by atoms with van der Waals surface area (Å²) < 4.78 is 5.74. The number of aryl methyl sites for hydroxylation is 2. The number of nitrogen functional groups attached to an aromatic ring is 1. The molecule has 0 aromatic heterocycles. The Labute approximate surface area is 113 Å². The standard InChI is InChI=1S/C16H17NO2/c1-10-4-5-13(8-11(10)2)19-14-6-7-15(12(3)18)16(17)9-14/h4-9H,17H2,1-3H3. The van der Waals surface area contributed by atoms with Crippen LogP contribution in [0.5, 0.6) is 11.5 Å². The van der Waals surface area contributed by atoms with Gasteiger partial charge in [-0.2, -0.15) is 0 Å². The highest BCUT2D eigenvalue weighted by Crippen LogP contribution is 2.26. The number of Topliss-reactive ketones (excluding diaryl/α,β-unsaturated/α-hetero) is 1. The second-order valence-electron chi connectivity index (χ2n) is 4.65. The number of hydrogen-bond donors (Lipinski definition) is 1. The third kappa shape index (κ3) is 2.94. The van der Waals surface area contributed by atoms with E-state index in [2.05, 4.69) is 6.92 Å². The molecule has 19 heavy (non-hydrogen) atoms. The van der Waals surface area contributed by atoms with E-state index in [0.717, 1.165) is 5.75 Å². The molecule has 0 spiro atoms. The van der Waals surface area contributed by atoms with E-state index in [4.69, 9.17) is 10.5 Å². The lowest BCUT2D eigenvalue weighted by molar-refractivity contribution is 0.101. The van der Waals surface area contributed by atoms with Gasteiger partial charge >= 0.3 is 0 Å². The maximum Gasteiger partial charge on any atom is 0.161 e. The fraction of sp³-hybridized carbons (Fsp3) is 0.188. The van der Waals surface area contributed by atoms with Crippen LogP contribution >= 0.6 is 0 Å². The van der Waals surface area contributed by atoms with E-state index in [1.807, 2.05) is 25.1 Å². The van der Waals surface area contributed by atoms with Crippen molar-refractivity contribution in [3.8, 4) is 11.5 Å². The summed E-state index contributed by atoms with van der Waals surface area (Å²) >= 11 is 0. The first-order valence-electron chi connectivity index (χ1n) is 6.13. The monoisotopic (exact) mass is 255 g/mol. The van der Waals surface area contributed by atoms with Crippen LogP contribution in [0.4, 0.5) is 5.69 Å². The van der Waals surface area contributed by atoms with Crippen molar-refractivity contribution in [2.45, 2.75) is 20.8 Å². The molecule has 2 rings (SSSR count). The fourth-order valence-electron chi connectivity index (χ4n) is 1.84. The van der Waals surface area contributed by atoms with Crippen LogP contribution in [0.2, 0.25) is 0 Å². The Morgan fingerprint density at radius 1 is 1.00 bits per heavy atom. The van der Waals surface area contributed by atoms with E-state index in [-0.39, 0.29) is 5.78 Å². The molecule has 0 saturated carbocycles. The van der Waals surface area contributed by atoms with Crippen molar-refractivity contribution < 1.29 is 9.53 Å². The molecule has 0 radical (unpaired) electrons. The number of hydrogen-bond acceptors (Lipinski definition) is 3. The van der Waals surface area contributed by atoms with E-state index in [1.165, 1.54) is 18.1 Å². The summed E-state index contributed by atoms with van der Waals surface area (Å²) in [6.45, 7) is 5.59. The van der Waals surface area contributed by atoms with E-state index in [9.17, 15) is 4.79 Å². The number of ketones is 1. The summed E-state index contributed by atoms with van der Waals surface area (Å²) in [4.78, 5) is 11.3. The maximum atomic E-state index is 11.3. The number of benzene rings is 2. The predicted molar refractivity (Wildman–Crippen MR) is 76.8 cm³/mol. The SMILES string of the molecule is CC(=O)c1ccc(Oc2ccc(C)c(C)c2)cc1N. The van der Waals surface area contributed by atoms with Gasteiger partial charge in [0.25, 0.3) is 0 Å². The molecule has 0 amide bonds. The van der Waals surface area contributed by atoms with Gasteiger partial charge in [0, 0.05) is 17.3 Å². The summed E-state index contributed by atoms with van der Waals surface area (Å²) in [7, 11) is 0. The van der Waals surface area contributed by atoms with Crippen LogP contribution in [0.1, 0.15) is 28.4 Å². The highest BCUT2D eigenvalue weighted by molar-refractivity contribution is 5.99. The molecule has 0 bridgehead atoms. The van der Waals surface area contributed by atoms with Gasteiger partial charge in [-0.05, 0) is 56.2 Å². The van der Waals surface area contributed by atoms with Crippen molar-refractivity contribution in [1.29, 1.82) is 0 Å². The molecular formula is C16H17NO2. The minimum Gasteiger partial charge on any atom is -0.457 e. The molecular weight excluding hydrogens is 238 g/mol. The summed E-state index contributed by atoms with van der Waals surface area (Å²) in [6, 6.07) is 11.0. The van der Waals surface area contributed by atoms with Crippen molar-refractivity contribution in [2.24, 2.45) is 0 Å². The zero-order valence-electron chi connectivity index (χ0n) is 11.4. The summed E-state index contributed by atoms with van der Waals surface area (Å²) in [5.74, 6) is 1.35. The van der Waals surface area contributed by atoms with E-state index in [1.54, 1.807) is 18.2 Å². The zero-order valence-corrected chi connectivity index (χ0v) is 11.4. The quantitative estimate of drug-likeness (QED) is 0.669. The Bertz CT molecular complexity index is 633. The molecule has 98 valence electrons. The molecule has 0 aliphatic rings. The third-order valence-electron chi connectivity index (χ3n) is 3.12. The van der Waals surface area contributed by atoms with Crippen LogP contribution in [0.15, 0.2) is 36.4 Å². The van der Waals surface area contributed by atoms with Crippen LogP contribution in [0.25, 0.3) is 0 Å². The number of ether oxygens (including phenoxy) is 1. The molecule has 2 aromatic rings. The number of carbonyl (C=O) groups is 1. The lowest BCUT2D eigenvalue weighted by Gasteiger charge is -2.09. The first-order chi connectivity index (χ1) is 8.97. The van der Waals surface area contributed by atoms with Gasteiger partial charge in [-0.3, -0.25) is 4.79 Å². The van der Waals surface area contributed by atoms with Crippen molar-refractivity contribution in [2.75, 3.05) is 5.73 Å². The number of nitrogens with two attached hydrogens (primary N) is 1. The Morgan fingerprint density at radius 3 is 2.21 bits per heavy atom. The minimum absolute atomic E-state index is 0.0461. The lowest BCUT2D eigenvalue weighted by Crippen LogP contribution is -1.99. The molecule has 0 aliphatic heterocycles. The second kappa shape index (κ2) is 5.14.